The molecule has 1 aliphatic carbocycles. The highest BCUT2D eigenvalue weighted by Crippen LogP contribution is 2.43. The topological polar surface area (TPSA) is 61.9 Å². The zero-order valence-electron chi connectivity index (χ0n) is 15.9. The van der Waals surface area contributed by atoms with Gasteiger partial charge in [0, 0.05) is 6.20 Å². The van der Waals surface area contributed by atoms with Gasteiger partial charge in [-0.3, -0.25) is 9.80 Å². The van der Waals surface area contributed by atoms with Gasteiger partial charge in [-0.05, 0) is 65.3 Å². The molecule has 2 aliphatic heterocycles. The summed E-state index contributed by atoms with van der Waals surface area (Å²) < 4.78 is 0. The Bertz CT molecular complexity index is 1070. The Morgan fingerprint density at radius 1 is 1.17 bits per heavy atom. The second-order valence-corrected chi connectivity index (χ2v) is 8.05. The summed E-state index contributed by atoms with van der Waals surface area (Å²) in [4.78, 5) is 15.8. The van der Waals surface area contributed by atoms with Crippen molar-refractivity contribution in [2.75, 3.05) is 11.7 Å². The number of allylic oxidation sites excluding steroid dienone is 2. The monoisotopic (exact) mass is 404 g/mol. The van der Waals surface area contributed by atoms with E-state index in [1.807, 2.05) is 35.5 Å². The Kier molecular flexibility index (Phi) is 4.40. The average Bonchev–Trinajstić information content (AvgIpc) is 3.48. The molecular formula is C23H21ClN4O. The van der Waals surface area contributed by atoms with Gasteiger partial charge >= 0.3 is 0 Å². The molecule has 2 aromatic carbocycles. The van der Waals surface area contributed by atoms with E-state index in [1.165, 1.54) is 18.4 Å². The van der Waals surface area contributed by atoms with Crippen LogP contribution in [0.5, 0.6) is 0 Å². The van der Waals surface area contributed by atoms with E-state index in [0.717, 1.165) is 33.2 Å². The van der Waals surface area contributed by atoms with E-state index < -0.39 is 0 Å². The van der Waals surface area contributed by atoms with E-state index in [1.54, 1.807) is 0 Å². The van der Waals surface area contributed by atoms with Gasteiger partial charge in [-0.1, -0.05) is 41.9 Å². The van der Waals surface area contributed by atoms with Crippen molar-refractivity contribution in [3.63, 3.8) is 0 Å². The van der Waals surface area contributed by atoms with Crippen molar-refractivity contribution in [2.45, 2.75) is 25.2 Å². The van der Waals surface area contributed by atoms with Gasteiger partial charge < -0.3 is 5.73 Å². The SMILES string of the molecule is NC(=O)Cc1ccc(C2=CC3=NCN(c4ccc(C5CC5)cc4Cl)N3C=C2)cc1. The Morgan fingerprint density at radius 2 is 1.97 bits per heavy atom. The maximum absolute atomic E-state index is 11.1. The van der Waals surface area contributed by atoms with Crippen LogP contribution < -0.4 is 10.7 Å². The van der Waals surface area contributed by atoms with Gasteiger partial charge in [0.1, 0.15) is 12.5 Å². The molecule has 29 heavy (non-hydrogen) atoms. The number of rotatable bonds is 5. The molecule has 0 aromatic heterocycles. The highest BCUT2D eigenvalue weighted by Gasteiger charge is 2.29. The van der Waals surface area contributed by atoms with Crippen LogP contribution in [-0.2, 0) is 11.2 Å². The smallest absolute Gasteiger partial charge is 0.221 e. The fraction of sp³-hybridized carbons (Fsp3) is 0.217. The largest absolute Gasteiger partial charge is 0.369 e. The maximum Gasteiger partial charge on any atom is 0.221 e. The van der Waals surface area contributed by atoms with Crippen molar-refractivity contribution >= 4 is 34.6 Å². The fourth-order valence-electron chi connectivity index (χ4n) is 3.80. The molecular weight excluding hydrogens is 384 g/mol. The molecule has 2 heterocycles. The molecule has 6 heteroatoms. The minimum absolute atomic E-state index is 0.255. The van der Waals surface area contributed by atoms with Crippen LogP contribution in [0, 0.1) is 0 Å². The summed E-state index contributed by atoms with van der Waals surface area (Å²) in [6.07, 6.45) is 8.92. The third kappa shape index (κ3) is 3.54. The third-order valence-corrected chi connectivity index (χ3v) is 5.81. The molecule has 2 aromatic rings. The predicted octanol–water partition coefficient (Wildman–Crippen LogP) is 4.25. The second-order valence-electron chi connectivity index (χ2n) is 7.64. The first-order valence-electron chi connectivity index (χ1n) is 9.76. The lowest BCUT2D eigenvalue weighted by Gasteiger charge is -2.31. The minimum atomic E-state index is -0.325. The maximum atomic E-state index is 11.1. The fourth-order valence-corrected chi connectivity index (χ4v) is 4.09. The van der Waals surface area contributed by atoms with Crippen LogP contribution in [0.25, 0.3) is 5.57 Å². The number of nitrogens with two attached hydrogens (primary N) is 1. The Hall–Kier alpha value is -3.05. The Balaban J connectivity index is 1.34. The summed E-state index contributed by atoms with van der Waals surface area (Å²) in [5, 5.41) is 4.87. The molecule has 1 saturated carbocycles. The van der Waals surface area contributed by atoms with Crippen LogP contribution in [-0.4, -0.2) is 23.4 Å². The van der Waals surface area contributed by atoms with E-state index in [4.69, 9.17) is 17.3 Å². The van der Waals surface area contributed by atoms with Crippen LogP contribution in [0.1, 0.15) is 35.4 Å². The number of carbonyl (C=O) groups excluding carboxylic acids is 1. The zero-order valence-corrected chi connectivity index (χ0v) is 16.6. The standard InChI is InChI=1S/C23H21ClN4O/c24-20-12-18(17-5-6-17)7-8-21(20)28-14-26-23-13-19(9-10-27(23)28)16-3-1-15(2-4-16)11-22(25)29/h1-4,7-10,12-13,17H,5-6,11,14H2,(H2,25,29). The quantitative estimate of drug-likeness (QED) is 0.810. The summed E-state index contributed by atoms with van der Waals surface area (Å²) in [6, 6.07) is 14.2. The Morgan fingerprint density at radius 3 is 2.66 bits per heavy atom. The van der Waals surface area contributed by atoms with Crippen LogP contribution in [0.15, 0.2) is 65.8 Å². The summed E-state index contributed by atoms with van der Waals surface area (Å²) in [7, 11) is 0. The summed E-state index contributed by atoms with van der Waals surface area (Å²) >= 11 is 6.60. The number of hydrazine groups is 1. The first-order chi connectivity index (χ1) is 14.1. The highest BCUT2D eigenvalue weighted by molar-refractivity contribution is 6.33. The number of benzene rings is 2. The van der Waals surface area contributed by atoms with Crippen LogP contribution >= 0.6 is 11.6 Å². The van der Waals surface area contributed by atoms with Gasteiger partial charge in [-0.25, -0.2) is 10.0 Å². The molecule has 1 amide bonds. The number of aliphatic imine (C=N–C) groups is 1. The van der Waals surface area contributed by atoms with Crippen LogP contribution in [0.2, 0.25) is 5.02 Å². The van der Waals surface area contributed by atoms with Gasteiger partial charge in [0.2, 0.25) is 5.91 Å². The van der Waals surface area contributed by atoms with Gasteiger partial charge in [0.05, 0.1) is 17.1 Å². The normalized spacial score (nSPS) is 17.8. The van der Waals surface area contributed by atoms with Crippen LogP contribution in [0.4, 0.5) is 5.69 Å². The number of amides is 1. The van der Waals surface area contributed by atoms with E-state index in [0.29, 0.717) is 12.6 Å². The molecule has 0 atom stereocenters. The number of hydrogen-bond acceptors (Lipinski definition) is 4. The number of anilines is 1. The van der Waals surface area contributed by atoms with Crippen molar-refractivity contribution in [2.24, 2.45) is 10.7 Å². The number of nitrogens with zero attached hydrogens (tertiary/aromatic N) is 3. The summed E-state index contributed by atoms with van der Waals surface area (Å²) in [6.45, 7) is 0.531. The lowest BCUT2D eigenvalue weighted by atomic mass is 10.0. The first-order valence-corrected chi connectivity index (χ1v) is 10.1. The third-order valence-electron chi connectivity index (χ3n) is 5.51. The van der Waals surface area contributed by atoms with Crippen molar-refractivity contribution < 1.29 is 4.79 Å². The van der Waals surface area contributed by atoms with Gasteiger partial charge in [0.25, 0.3) is 0 Å². The molecule has 5 rings (SSSR count). The van der Waals surface area contributed by atoms with Crippen molar-refractivity contribution in [1.29, 1.82) is 0 Å². The lowest BCUT2D eigenvalue weighted by Crippen LogP contribution is -2.38. The number of fused-ring (bicyclic) bond motifs is 1. The van der Waals surface area contributed by atoms with E-state index in [9.17, 15) is 4.79 Å². The van der Waals surface area contributed by atoms with E-state index in [-0.39, 0.29) is 12.3 Å². The molecule has 0 saturated heterocycles. The molecule has 1 fully saturated rings. The molecule has 3 aliphatic rings. The molecule has 0 spiro atoms. The summed E-state index contributed by atoms with van der Waals surface area (Å²) in [5.74, 6) is 1.24. The summed E-state index contributed by atoms with van der Waals surface area (Å²) in [5.41, 5.74) is 10.6. The highest BCUT2D eigenvalue weighted by atomic mass is 35.5. The number of halogens is 1. The average molecular weight is 405 g/mol. The molecule has 146 valence electrons. The van der Waals surface area contributed by atoms with Crippen LogP contribution in [0.3, 0.4) is 0 Å². The first kappa shape index (κ1) is 18.0. The second kappa shape index (κ2) is 7.08. The van der Waals surface area contributed by atoms with Gasteiger partial charge in [-0.15, -0.1) is 0 Å². The Labute approximate surface area is 174 Å². The van der Waals surface area contributed by atoms with Crippen molar-refractivity contribution in [1.82, 2.24) is 5.01 Å². The molecule has 0 radical (unpaired) electrons. The number of amidine groups is 1. The minimum Gasteiger partial charge on any atom is -0.369 e. The predicted molar refractivity (Wildman–Crippen MR) is 117 cm³/mol. The van der Waals surface area contributed by atoms with Crippen molar-refractivity contribution in [3.05, 3.63) is 82.5 Å². The number of carbonyl (C=O) groups is 1. The number of hydrogen-bond donors (Lipinski definition) is 1. The molecule has 0 unspecified atom stereocenters. The lowest BCUT2D eigenvalue weighted by molar-refractivity contribution is -0.117. The van der Waals surface area contributed by atoms with Crippen molar-refractivity contribution in [3.8, 4) is 0 Å². The van der Waals surface area contributed by atoms with E-state index >= 15 is 0 Å². The molecule has 0 bridgehead atoms. The zero-order chi connectivity index (χ0) is 20.0. The molecule has 2 N–H and O–H groups in total. The van der Waals surface area contributed by atoms with Gasteiger partial charge in [-0.2, -0.15) is 0 Å². The number of primary amides is 1. The molecule has 5 nitrogen and oxygen atoms in total. The van der Waals surface area contributed by atoms with E-state index in [2.05, 4.69) is 40.4 Å². The van der Waals surface area contributed by atoms with Gasteiger partial charge in [0.15, 0.2) is 0 Å².